The highest BCUT2D eigenvalue weighted by Gasteiger charge is 2.16. The summed E-state index contributed by atoms with van der Waals surface area (Å²) in [4.78, 5) is 12.4. The number of tetrazole rings is 1. The zero-order valence-corrected chi connectivity index (χ0v) is 14.2. The van der Waals surface area contributed by atoms with Crippen LogP contribution in [0.25, 0.3) is 16.7 Å². The Morgan fingerprint density at radius 1 is 1.16 bits per heavy atom. The van der Waals surface area contributed by atoms with E-state index in [0.29, 0.717) is 16.5 Å². The van der Waals surface area contributed by atoms with E-state index < -0.39 is 0 Å². The Labute approximate surface area is 147 Å². The fourth-order valence-corrected chi connectivity index (χ4v) is 3.20. The van der Waals surface area contributed by atoms with Crippen molar-refractivity contribution in [3.63, 3.8) is 0 Å². The first-order valence-electron chi connectivity index (χ1n) is 7.71. The van der Waals surface area contributed by atoms with Crippen molar-refractivity contribution in [2.45, 2.75) is 12.1 Å². The quantitative estimate of drug-likeness (QED) is 0.404. The number of hydrogen-bond acceptors (Lipinski definition) is 6. The highest BCUT2D eigenvalue weighted by molar-refractivity contribution is 7.99. The van der Waals surface area contributed by atoms with Gasteiger partial charge in [-0.2, -0.15) is 4.68 Å². The number of aryl methyl sites for hydroxylation is 1. The molecule has 0 unspecified atom stereocenters. The van der Waals surface area contributed by atoms with Gasteiger partial charge in [0.25, 0.3) is 0 Å². The van der Waals surface area contributed by atoms with Gasteiger partial charge in [-0.3, -0.25) is 4.79 Å². The lowest BCUT2D eigenvalue weighted by atomic mass is 10.2. The summed E-state index contributed by atoms with van der Waals surface area (Å²) in [6.45, 7) is 2.02. The summed E-state index contributed by atoms with van der Waals surface area (Å²) in [5.74, 6) is 0.453. The Balaban J connectivity index is 1.51. The van der Waals surface area contributed by atoms with E-state index in [2.05, 4.69) is 15.5 Å². The van der Waals surface area contributed by atoms with Crippen LogP contribution in [0.2, 0.25) is 0 Å². The zero-order chi connectivity index (χ0) is 17.2. The number of Topliss-reactive ketones (excluding diaryl/α,β-unsaturated/α-hetero) is 1. The third-order valence-corrected chi connectivity index (χ3v) is 4.67. The van der Waals surface area contributed by atoms with Crippen LogP contribution in [0.1, 0.15) is 16.1 Å². The van der Waals surface area contributed by atoms with Gasteiger partial charge in [0.1, 0.15) is 5.58 Å². The maximum Gasteiger partial charge on any atom is 0.214 e. The molecule has 0 atom stereocenters. The summed E-state index contributed by atoms with van der Waals surface area (Å²) in [7, 11) is 0. The Hall–Kier alpha value is -2.93. The summed E-state index contributed by atoms with van der Waals surface area (Å²) < 4.78 is 7.23. The van der Waals surface area contributed by atoms with Crippen molar-refractivity contribution in [2.75, 3.05) is 5.75 Å². The van der Waals surface area contributed by atoms with Crippen LogP contribution in [0.3, 0.4) is 0 Å². The Kier molecular flexibility index (Phi) is 4.07. The van der Waals surface area contributed by atoms with E-state index in [0.717, 1.165) is 16.6 Å². The van der Waals surface area contributed by atoms with Crippen LogP contribution in [0, 0.1) is 6.92 Å². The SMILES string of the molecule is Cc1ccc(-n2nnnc2SCC(=O)c2cc3ccccc3o2)cc1. The lowest BCUT2D eigenvalue weighted by Crippen LogP contribution is -2.04. The minimum Gasteiger partial charge on any atom is -0.453 e. The van der Waals surface area contributed by atoms with Crippen molar-refractivity contribution in [1.82, 2.24) is 20.2 Å². The minimum atomic E-state index is -0.0975. The van der Waals surface area contributed by atoms with Crippen LogP contribution in [0.5, 0.6) is 0 Å². The molecule has 0 fully saturated rings. The Morgan fingerprint density at radius 2 is 1.96 bits per heavy atom. The normalized spacial score (nSPS) is 11.1. The van der Waals surface area contributed by atoms with Crippen LogP contribution in [0.4, 0.5) is 0 Å². The third kappa shape index (κ3) is 3.18. The van der Waals surface area contributed by atoms with E-state index in [4.69, 9.17) is 4.42 Å². The summed E-state index contributed by atoms with van der Waals surface area (Å²) in [5, 5.41) is 13.2. The first-order chi connectivity index (χ1) is 12.2. The standard InChI is InChI=1S/C18H14N4O2S/c1-12-6-8-14(9-7-12)22-18(19-20-21-22)25-11-15(23)17-10-13-4-2-3-5-16(13)24-17/h2-10H,11H2,1H3. The first kappa shape index (κ1) is 15.6. The van der Waals surface area contributed by atoms with Gasteiger partial charge in [0.2, 0.25) is 10.9 Å². The van der Waals surface area contributed by atoms with Crippen molar-refractivity contribution in [1.29, 1.82) is 0 Å². The van der Waals surface area contributed by atoms with E-state index in [1.807, 2.05) is 55.5 Å². The van der Waals surface area contributed by atoms with Crippen LogP contribution >= 0.6 is 11.8 Å². The molecule has 0 bridgehead atoms. The number of furan rings is 1. The Morgan fingerprint density at radius 3 is 2.76 bits per heavy atom. The van der Waals surface area contributed by atoms with Gasteiger partial charge in [0, 0.05) is 5.39 Å². The second kappa shape index (κ2) is 6.52. The molecule has 25 heavy (non-hydrogen) atoms. The van der Waals surface area contributed by atoms with E-state index in [1.54, 1.807) is 10.7 Å². The zero-order valence-electron chi connectivity index (χ0n) is 13.4. The third-order valence-electron chi connectivity index (χ3n) is 3.75. The van der Waals surface area contributed by atoms with Gasteiger partial charge in [-0.1, -0.05) is 47.7 Å². The molecule has 7 heteroatoms. The molecule has 0 aliphatic carbocycles. The first-order valence-corrected chi connectivity index (χ1v) is 8.69. The van der Waals surface area contributed by atoms with Crippen molar-refractivity contribution in [3.8, 4) is 5.69 Å². The molecule has 0 saturated carbocycles. The van der Waals surface area contributed by atoms with Crippen LogP contribution in [-0.2, 0) is 0 Å². The van der Waals surface area contributed by atoms with Crippen molar-refractivity contribution < 1.29 is 9.21 Å². The smallest absolute Gasteiger partial charge is 0.214 e. The Bertz CT molecular complexity index is 1000. The molecule has 6 nitrogen and oxygen atoms in total. The number of hydrogen-bond donors (Lipinski definition) is 0. The summed E-state index contributed by atoms with van der Waals surface area (Å²) in [6.07, 6.45) is 0. The van der Waals surface area contributed by atoms with E-state index >= 15 is 0 Å². The monoisotopic (exact) mass is 350 g/mol. The number of benzene rings is 2. The molecule has 0 N–H and O–H groups in total. The number of carbonyl (C=O) groups is 1. The van der Waals surface area contributed by atoms with E-state index in [1.165, 1.54) is 11.8 Å². The number of aromatic nitrogens is 4. The van der Waals surface area contributed by atoms with Gasteiger partial charge in [0.15, 0.2) is 5.76 Å². The predicted octanol–water partition coefficient (Wildman–Crippen LogP) is 3.69. The molecule has 0 aliphatic heterocycles. The van der Waals surface area contributed by atoms with Crippen molar-refractivity contribution >= 4 is 28.5 Å². The van der Waals surface area contributed by atoms with Gasteiger partial charge < -0.3 is 4.42 Å². The highest BCUT2D eigenvalue weighted by Crippen LogP contribution is 2.23. The predicted molar refractivity (Wildman–Crippen MR) is 95.2 cm³/mol. The molecule has 124 valence electrons. The van der Waals surface area contributed by atoms with E-state index in [-0.39, 0.29) is 11.5 Å². The van der Waals surface area contributed by atoms with Crippen molar-refractivity contribution in [2.24, 2.45) is 0 Å². The number of nitrogens with zero attached hydrogens (tertiary/aromatic N) is 4. The molecule has 2 aromatic carbocycles. The van der Waals surface area contributed by atoms with Crippen LogP contribution in [0.15, 0.2) is 64.2 Å². The molecule has 0 saturated heterocycles. The number of para-hydroxylation sites is 1. The molecule has 4 rings (SSSR count). The highest BCUT2D eigenvalue weighted by atomic mass is 32.2. The maximum absolute atomic E-state index is 12.4. The fraction of sp³-hybridized carbons (Fsp3) is 0.111. The summed E-state index contributed by atoms with van der Waals surface area (Å²) >= 11 is 1.28. The molecule has 2 heterocycles. The molecule has 0 amide bonds. The van der Waals surface area contributed by atoms with Gasteiger partial charge in [0.05, 0.1) is 11.4 Å². The second-order valence-electron chi connectivity index (χ2n) is 5.57. The van der Waals surface area contributed by atoms with Gasteiger partial charge in [-0.05, 0) is 41.6 Å². The molecule has 0 spiro atoms. The molecule has 0 aliphatic rings. The minimum absolute atomic E-state index is 0.0975. The largest absolute Gasteiger partial charge is 0.453 e. The maximum atomic E-state index is 12.4. The molecule has 2 aromatic heterocycles. The van der Waals surface area contributed by atoms with Gasteiger partial charge in [-0.25, -0.2) is 0 Å². The lowest BCUT2D eigenvalue weighted by molar-refractivity contribution is 0.0994. The lowest BCUT2D eigenvalue weighted by Gasteiger charge is -2.03. The average Bonchev–Trinajstić information content (AvgIpc) is 3.27. The van der Waals surface area contributed by atoms with Gasteiger partial charge >= 0.3 is 0 Å². The number of rotatable bonds is 5. The van der Waals surface area contributed by atoms with Gasteiger partial charge in [-0.15, -0.1) is 5.10 Å². The fourth-order valence-electron chi connectivity index (χ4n) is 2.44. The summed E-state index contributed by atoms with van der Waals surface area (Å²) in [5.41, 5.74) is 2.72. The average molecular weight is 350 g/mol. The number of carbonyl (C=O) groups excluding carboxylic acids is 1. The molecule has 4 aromatic rings. The summed E-state index contributed by atoms with van der Waals surface area (Å²) in [6, 6.07) is 17.2. The molecular formula is C18H14N4O2S. The molecule has 0 radical (unpaired) electrons. The number of ketones is 1. The topological polar surface area (TPSA) is 73.8 Å². The van der Waals surface area contributed by atoms with Crippen molar-refractivity contribution in [3.05, 3.63) is 65.9 Å². The molecular weight excluding hydrogens is 336 g/mol. The van der Waals surface area contributed by atoms with Crippen LogP contribution in [-0.4, -0.2) is 31.7 Å². The van der Waals surface area contributed by atoms with Crippen LogP contribution < -0.4 is 0 Å². The van der Waals surface area contributed by atoms with E-state index in [9.17, 15) is 4.79 Å². The number of fused-ring (bicyclic) bond motifs is 1. The number of thioether (sulfide) groups is 1. The second-order valence-corrected chi connectivity index (χ2v) is 6.51.